The number of hydrogen-bond acceptors (Lipinski definition) is 8. The molecular formula is C30H38N6O4S. The lowest BCUT2D eigenvalue weighted by Gasteiger charge is -2.32. The molecule has 1 fully saturated rings. The van der Waals surface area contributed by atoms with Crippen LogP contribution in [-0.2, 0) is 23.2 Å². The maximum Gasteiger partial charge on any atom is 0.266 e. The van der Waals surface area contributed by atoms with Crippen molar-refractivity contribution in [3.8, 4) is 5.75 Å². The lowest BCUT2D eigenvalue weighted by atomic mass is 10.1. The Kier molecular flexibility index (Phi) is 8.48. The van der Waals surface area contributed by atoms with E-state index in [1.165, 1.54) is 11.1 Å². The lowest BCUT2D eigenvalue weighted by molar-refractivity contribution is 0.229. The van der Waals surface area contributed by atoms with Gasteiger partial charge < -0.3 is 25.2 Å². The fourth-order valence-electron chi connectivity index (χ4n) is 5.43. The third kappa shape index (κ3) is 7.55. The second kappa shape index (κ2) is 12.1. The van der Waals surface area contributed by atoms with E-state index in [1.807, 2.05) is 13.0 Å². The van der Waals surface area contributed by atoms with Gasteiger partial charge >= 0.3 is 0 Å². The molecule has 2 aromatic carbocycles. The van der Waals surface area contributed by atoms with Crippen LogP contribution in [0.15, 0.2) is 48.5 Å². The molecule has 5 rings (SSSR count). The number of aromatic hydroxyl groups is 1. The van der Waals surface area contributed by atoms with Crippen LogP contribution in [0.4, 0.5) is 11.6 Å². The van der Waals surface area contributed by atoms with Crippen LogP contribution in [0.2, 0.25) is 0 Å². The van der Waals surface area contributed by atoms with Gasteiger partial charge in [-0.05, 0) is 86.7 Å². The van der Waals surface area contributed by atoms with Crippen LogP contribution in [0.1, 0.15) is 40.9 Å². The molecule has 4 N–H and O–H groups in total. The van der Waals surface area contributed by atoms with E-state index in [-0.39, 0.29) is 17.5 Å². The number of piperidine rings is 1. The number of anilines is 2. The topological polar surface area (TPSA) is 133 Å². The van der Waals surface area contributed by atoms with Gasteiger partial charge in [-0.2, -0.15) is 8.42 Å². The molecule has 41 heavy (non-hydrogen) atoms. The summed E-state index contributed by atoms with van der Waals surface area (Å²) in [5.41, 5.74) is 7.81. The van der Waals surface area contributed by atoms with Crippen molar-refractivity contribution in [2.75, 3.05) is 36.0 Å². The second-order valence-corrected chi connectivity index (χ2v) is 12.6. The second-order valence-electron chi connectivity index (χ2n) is 11.0. The Labute approximate surface area is 241 Å². The molecule has 4 aromatic rings. The fourth-order valence-corrected chi connectivity index (χ4v) is 5.92. The lowest BCUT2D eigenvalue weighted by Crippen LogP contribution is -2.41. The molecule has 1 aliphatic rings. The molecule has 2 aromatic heterocycles. The van der Waals surface area contributed by atoms with Crippen molar-refractivity contribution in [2.45, 2.75) is 52.7 Å². The first kappa shape index (κ1) is 28.8. The average Bonchev–Trinajstić information content (AvgIpc) is 3.24. The zero-order valence-electron chi connectivity index (χ0n) is 23.8. The Morgan fingerprint density at radius 2 is 1.71 bits per heavy atom. The van der Waals surface area contributed by atoms with Crippen LogP contribution in [0, 0.1) is 20.8 Å². The van der Waals surface area contributed by atoms with E-state index in [2.05, 4.69) is 69.3 Å². The molecule has 3 heterocycles. The molecule has 0 atom stereocenters. The van der Waals surface area contributed by atoms with Crippen LogP contribution in [0.25, 0.3) is 11.0 Å². The van der Waals surface area contributed by atoms with Gasteiger partial charge in [0.05, 0.1) is 23.3 Å². The van der Waals surface area contributed by atoms with Gasteiger partial charge in [0, 0.05) is 43.6 Å². The Bertz CT molecular complexity index is 1620. The van der Waals surface area contributed by atoms with Gasteiger partial charge in [0.1, 0.15) is 11.4 Å². The highest BCUT2D eigenvalue weighted by Gasteiger charge is 2.23. The van der Waals surface area contributed by atoms with Gasteiger partial charge in [-0.1, -0.05) is 12.1 Å². The van der Waals surface area contributed by atoms with Crippen LogP contribution in [0.3, 0.4) is 0 Å². The molecule has 0 bridgehead atoms. The summed E-state index contributed by atoms with van der Waals surface area (Å²) in [6.07, 6.45) is 1.63. The van der Waals surface area contributed by atoms with Crippen LogP contribution in [0.5, 0.6) is 5.75 Å². The van der Waals surface area contributed by atoms with Crippen molar-refractivity contribution in [1.82, 2.24) is 19.4 Å². The van der Waals surface area contributed by atoms with Crippen LogP contribution >= 0.6 is 0 Å². The van der Waals surface area contributed by atoms with Gasteiger partial charge in [0.25, 0.3) is 10.1 Å². The number of rotatable bonds is 10. The van der Waals surface area contributed by atoms with Gasteiger partial charge in [-0.15, -0.1) is 0 Å². The molecule has 0 amide bonds. The van der Waals surface area contributed by atoms with Crippen molar-refractivity contribution >= 4 is 32.8 Å². The van der Waals surface area contributed by atoms with Crippen molar-refractivity contribution in [2.24, 2.45) is 0 Å². The summed E-state index contributed by atoms with van der Waals surface area (Å²) in [6.45, 7) is 8.87. The van der Waals surface area contributed by atoms with Crippen molar-refractivity contribution < 1.29 is 18.1 Å². The zero-order chi connectivity index (χ0) is 29.1. The van der Waals surface area contributed by atoms with Gasteiger partial charge in [-0.25, -0.2) is 4.98 Å². The predicted molar refractivity (Wildman–Crippen MR) is 162 cm³/mol. The van der Waals surface area contributed by atoms with Gasteiger partial charge in [0.2, 0.25) is 5.95 Å². The Morgan fingerprint density at radius 3 is 2.41 bits per heavy atom. The quantitative estimate of drug-likeness (QED) is 0.201. The molecular weight excluding hydrogens is 540 g/mol. The molecule has 10 nitrogen and oxygen atoms in total. The summed E-state index contributed by atoms with van der Waals surface area (Å²) in [6, 6.07) is 16.3. The number of imidazole rings is 1. The molecule has 0 spiro atoms. The summed E-state index contributed by atoms with van der Waals surface area (Å²) < 4.78 is 33.4. The minimum Gasteiger partial charge on any atom is -0.506 e. The van der Waals surface area contributed by atoms with Crippen molar-refractivity contribution in [3.05, 3.63) is 76.6 Å². The van der Waals surface area contributed by atoms with E-state index < -0.39 is 10.1 Å². The number of aryl methyl sites for hydroxylation is 3. The SMILES string of the molecule is Cc1cc(C)cc(NCc2ccc3nc(NC4CCN(CCS(=O)(=O)O)CC4)n(Cc4nc(C)ccc4O)c3c2)c1. The number of likely N-dealkylation sites (tertiary alicyclic amines) is 1. The first-order valence-corrected chi connectivity index (χ1v) is 15.5. The number of fused-ring (bicyclic) bond motifs is 1. The Balaban J connectivity index is 1.38. The molecule has 0 saturated carbocycles. The maximum absolute atomic E-state index is 11.1. The average molecular weight is 579 g/mol. The minimum atomic E-state index is -3.97. The van der Waals surface area contributed by atoms with E-state index in [0.29, 0.717) is 31.3 Å². The molecule has 0 aliphatic carbocycles. The van der Waals surface area contributed by atoms with E-state index >= 15 is 0 Å². The fraction of sp³-hybridized carbons (Fsp3) is 0.400. The van der Waals surface area contributed by atoms with Gasteiger partial charge in [0.15, 0.2) is 0 Å². The molecule has 1 saturated heterocycles. The first-order valence-electron chi connectivity index (χ1n) is 13.9. The third-order valence-corrected chi connectivity index (χ3v) is 8.21. The number of hydrogen-bond donors (Lipinski definition) is 4. The molecule has 11 heteroatoms. The van der Waals surface area contributed by atoms with E-state index in [1.54, 1.807) is 12.1 Å². The van der Waals surface area contributed by atoms with Crippen LogP contribution < -0.4 is 10.6 Å². The Morgan fingerprint density at radius 1 is 0.976 bits per heavy atom. The number of aromatic nitrogens is 3. The van der Waals surface area contributed by atoms with E-state index in [0.717, 1.165) is 53.9 Å². The highest BCUT2D eigenvalue weighted by Crippen LogP contribution is 2.27. The summed E-state index contributed by atoms with van der Waals surface area (Å²) in [7, 11) is -3.97. The summed E-state index contributed by atoms with van der Waals surface area (Å²) in [5.74, 6) is 0.593. The molecule has 0 unspecified atom stereocenters. The van der Waals surface area contributed by atoms with E-state index in [4.69, 9.17) is 9.54 Å². The van der Waals surface area contributed by atoms with E-state index in [9.17, 15) is 13.5 Å². The molecule has 1 aliphatic heterocycles. The highest BCUT2D eigenvalue weighted by atomic mass is 32.2. The monoisotopic (exact) mass is 578 g/mol. The number of nitrogens with zero attached hydrogens (tertiary/aromatic N) is 4. The number of benzene rings is 2. The largest absolute Gasteiger partial charge is 0.506 e. The number of pyridine rings is 1. The molecule has 0 radical (unpaired) electrons. The summed E-state index contributed by atoms with van der Waals surface area (Å²) >= 11 is 0. The highest BCUT2D eigenvalue weighted by molar-refractivity contribution is 7.85. The van der Waals surface area contributed by atoms with Crippen LogP contribution in [-0.4, -0.2) is 68.9 Å². The summed E-state index contributed by atoms with van der Waals surface area (Å²) in [4.78, 5) is 11.6. The Hall–Kier alpha value is -3.67. The number of nitrogens with one attached hydrogen (secondary N) is 2. The predicted octanol–water partition coefficient (Wildman–Crippen LogP) is 4.49. The maximum atomic E-state index is 11.1. The smallest absolute Gasteiger partial charge is 0.266 e. The standard InChI is InChI=1S/C30H38N6O4S/c1-20-14-21(2)16-25(15-20)31-18-23-5-6-26-28(17-23)36(19-27-29(37)7-4-22(3)32-27)30(34-26)33-24-8-10-35(11-9-24)12-13-41(38,39)40/h4-7,14-17,24,31,37H,8-13,18-19H2,1-3H3,(H,33,34)(H,38,39,40). The normalized spacial score (nSPS) is 14.9. The molecule has 218 valence electrons. The van der Waals surface area contributed by atoms with Crippen molar-refractivity contribution in [1.29, 1.82) is 0 Å². The summed E-state index contributed by atoms with van der Waals surface area (Å²) in [5, 5.41) is 17.7. The first-order chi connectivity index (χ1) is 19.5. The third-order valence-electron chi connectivity index (χ3n) is 7.51. The zero-order valence-corrected chi connectivity index (χ0v) is 24.6. The van der Waals surface area contributed by atoms with Gasteiger partial charge in [-0.3, -0.25) is 9.54 Å². The van der Waals surface area contributed by atoms with Crippen molar-refractivity contribution in [3.63, 3.8) is 0 Å². The minimum absolute atomic E-state index is 0.142.